The number of amides is 1. The third kappa shape index (κ3) is 4.93. The van der Waals surface area contributed by atoms with Crippen LogP contribution in [0, 0.1) is 5.92 Å². The van der Waals surface area contributed by atoms with E-state index >= 15 is 0 Å². The normalized spacial score (nSPS) is 16.6. The van der Waals surface area contributed by atoms with Crippen LogP contribution in [0.15, 0.2) is 77.3 Å². The molecule has 34 heavy (non-hydrogen) atoms. The number of aromatic nitrogens is 2. The molecule has 2 heterocycles. The van der Waals surface area contributed by atoms with Gasteiger partial charge in [0.05, 0.1) is 23.5 Å². The Kier molecular flexibility index (Phi) is 6.79. The number of nitrogens with one attached hydrogen (secondary N) is 1. The molecule has 174 valence electrons. The van der Waals surface area contributed by atoms with Crippen LogP contribution in [0.3, 0.4) is 0 Å². The van der Waals surface area contributed by atoms with Gasteiger partial charge in [0.2, 0.25) is 5.91 Å². The van der Waals surface area contributed by atoms with E-state index in [2.05, 4.69) is 92.2 Å². The molecule has 5 rings (SSSR count). The highest BCUT2D eigenvalue weighted by atomic mass is 79.9. The zero-order valence-corrected chi connectivity index (χ0v) is 21.0. The molecule has 1 fully saturated rings. The number of nitrogens with zero attached hydrogens (tertiary/aromatic N) is 3. The number of carbonyl (C=O) groups excluding carboxylic acids is 1. The summed E-state index contributed by atoms with van der Waals surface area (Å²) in [5.41, 5.74) is 5.30. The largest absolute Gasteiger partial charge is 0.326 e. The van der Waals surface area contributed by atoms with Crippen molar-refractivity contribution in [3.8, 4) is 5.69 Å². The predicted molar refractivity (Wildman–Crippen MR) is 141 cm³/mol. The fourth-order valence-corrected chi connectivity index (χ4v) is 5.05. The second-order valence-electron chi connectivity index (χ2n) is 8.95. The Bertz CT molecular complexity index is 1300. The van der Waals surface area contributed by atoms with Crippen molar-refractivity contribution in [3.63, 3.8) is 0 Å². The number of piperidine rings is 1. The predicted octanol–water partition coefficient (Wildman–Crippen LogP) is 6.20. The van der Waals surface area contributed by atoms with Crippen LogP contribution in [-0.2, 0) is 17.8 Å². The minimum absolute atomic E-state index is 0.0236. The second-order valence-corrected chi connectivity index (χ2v) is 9.86. The lowest BCUT2D eigenvalue weighted by molar-refractivity contribution is -0.121. The van der Waals surface area contributed by atoms with E-state index in [9.17, 15) is 4.79 Å². The van der Waals surface area contributed by atoms with E-state index in [0.717, 1.165) is 65.1 Å². The third-order valence-electron chi connectivity index (χ3n) is 6.56. The van der Waals surface area contributed by atoms with E-state index in [1.165, 1.54) is 5.56 Å². The second kappa shape index (κ2) is 10.1. The Hall–Kier alpha value is -2.96. The fraction of sp³-hybridized carbons (Fsp3) is 0.286. The van der Waals surface area contributed by atoms with Crippen molar-refractivity contribution in [1.29, 1.82) is 0 Å². The summed E-state index contributed by atoms with van der Waals surface area (Å²) in [4.78, 5) is 20.4. The number of rotatable bonds is 6. The first kappa shape index (κ1) is 22.8. The monoisotopic (exact) mass is 516 g/mol. The zero-order chi connectivity index (χ0) is 23.5. The number of likely N-dealkylation sites (tertiary alicyclic amines) is 1. The van der Waals surface area contributed by atoms with Crippen LogP contribution in [0.4, 0.5) is 5.69 Å². The number of anilines is 1. The van der Waals surface area contributed by atoms with Gasteiger partial charge in [-0.1, -0.05) is 47.1 Å². The Morgan fingerprint density at radius 2 is 1.91 bits per heavy atom. The van der Waals surface area contributed by atoms with Crippen LogP contribution in [0.1, 0.15) is 31.2 Å². The first-order valence-electron chi connectivity index (χ1n) is 11.9. The van der Waals surface area contributed by atoms with Crippen molar-refractivity contribution in [2.45, 2.75) is 32.7 Å². The Labute approximate surface area is 208 Å². The maximum absolute atomic E-state index is 13.1. The molecule has 1 N–H and O–H groups in total. The molecule has 0 spiro atoms. The van der Waals surface area contributed by atoms with Crippen LogP contribution in [0.25, 0.3) is 16.7 Å². The lowest BCUT2D eigenvalue weighted by Crippen LogP contribution is -2.40. The smallest absolute Gasteiger partial charge is 0.228 e. The van der Waals surface area contributed by atoms with E-state index in [1.807, 2.05) is 18.2 Å². The molecule has 6 heteroatoms. The summed E-state index contributed by atoms with van der Waals surface area (Å²) in [6.45, 7) is 4.54. The number of carbonyl (C=O) groups is 1. The molecule has 1 aromatic heterocycles. The fourth-order valence-electron chi connectivity index (χ4n) is 4.79. The van der Waals surface area contributed by atoms with Crippen LogP contribution in [0.5, 0.6) is 0 Å². The Balaban J connectivity index is 1.35. The molecular formula is C28H29BrN4O. The van der Waals surface area contributed by atoms with Crippen molar-refractivity contribution < 1.29 is 4.79 Å². The Morgan fingerprint density at radius 3 is 2.74 bits per heavy atom. The molecule has 0 saturated carbocycles. The molecular weight excluding hydrogens is 488 g/mol. The summed E-state index contributed by atoms with van der Waals surface area (Å²) >= 11 is 3.54. The van der Waals surface area contributed by atoms with Crippen molar-refractivity contribution in [1.82, 2.24) is 14.5 Å². The molecule has 1 atom stereocenters. The highest BCUT2D eigenvalue weighted by Gasteiger charge is 2.27. The van der Waals surface area contributed by atoms with Crippen LogP contribution >= 0.6 is 15.9 Å². The van der Waals surface area contributed by atoms with Gasteiger partial charge in [0.15, 0.2) is 0 Å². The molecule has 1 aliphatic rings. The molecule has 0 unspecified atom stereocenters. The summed E-state index contributed by atoms with van der Waals surface area (Å²) in [7, 11) is 0. The van der Waals surface area contributed by atoms with E-state index in [4.69, 9.17) is 4.98 Å². The lowest BCUT2D eigenvalue weighted by Gasteiger charge is -2.31. The molecule has 0 aliphatic carbocycles. The number of imidazole rings is 1. The van der Waals surface area contributed by atoms with E-state index in [-0.39, 0.29) is 11.8 Å². The van der Waals surface area contributed by atoms with Crippen LogP contribution in [0.2, 0.25) is 0 Å². The van der Waals surface area contributed by atoms with Crippen molar-refractivity contribution in [3.05, 3.63) is 88.7 Å². The minimum atomic E-state index is -0.0236. The number of hydrogen-bond donors (Lipinski definition) is 1. The minimum Gasteiger partial charge on any atom is -0.326 e. The van der Waals surface area contributed by atoms with Gasteiger partial charge >= 0.3 is 0 Å². The summed E-state index contributed by atoms with van der Waals surface area (Å²) in [5, 5.41) is 3.14. The standard InChI is InChI=1S/C28H29BrN4O/c1-2-20-7-5-9-23(17-20)30-28(34)21-8-6-16-32(18-21)19-27-31-25-10-3-4-11-26(25)33(27)24-14-12-22(29)13-15-24/h3-5,7,9-15,17,21H,2,6,8,16,18-19H2,1H3,(H,30,34)/t21-/m0/s1. The van der Waals surface area contributed by atoms with Gasteiger partial charge in [0, 0.05) is 22.4 Å². The molecule has 3 aromatic carbocycles. The van der Waals surface area contributed by atoms with Gasteiger partial charge in [-0.05, 0) is 79.9 Å². The van der Waals surface area contributed by atoms with Gasteiger partial charge in [-0.25, -0.2) is 4.98 Å². The van der Waals surface area contributed by atoms with Crippen molar-refractivity contribution in [2.24, 2.45) is 5.92 Å². The van der Waals surface area contributed by atoms with Gasteiger partial charge in [-0.15, -0.1) is 0 Å². The van der Waals surface area contributed by atoms with Crippen molar-refractivity contribution >= 4 is 38.6 Å². The molecule has 1 saturated heterocycles. The first-order valence-corrected chi connectivity index (χ1v) is 12.7. The van der Waals surface area contributed by atoms with E-state index < -0.39 is 0 Å². The van der Waals surface area contributed by atoms with Gasteiger partial charge in [0.1, 0.15) is 5.82 Å². The highest BCUT2D eigenvalue weighted by molar-refractivity contribution is 9.10. The first-order chi connectivity index (χ1) is 16.6. The molecule has 0 bridgehead atoms. The lowest BCUT2D eigenvalue weighted by atomic mass is 9.97. The quantitative estimate of drug-likeness (QED) is 0.331. The van der Waals surface area contributed by atoms with E-state index in [1.54, 1.807) is 0 Å². The topological polar surface area (TPSA) is 50.2 Å². The molecule has 1 aliphatic heterocycles. The number of para-hydroxylation sites is 2. The van der Waals surface area contributed by atoms with Crippen molar-refractivity contribution in [2.75, 3.05) is 18.4 Å². The number of halogens is 1. The average molecular weight is 517 g/mol. The summed E-state index contributed by atoms with van der Waals surface area (Å²) in [5.74, 6) is 1.09. The molecule has 0 radical (unpaired) electrons. The highest BCUT2D eigenvalue weighted by Crippen LogP contribution is 2.26. The van der Waals surface area contributed by atoms with Gasteiger partial charge in [-0.2, -0.15) is 0 Å². The average Bonchev–Trinajstić information content (AvgIpc) is 3.22. The summed E-state index contributed by atoms with van der Waals surface area (Å²) in [6.07, 6.45) is 2.88. The van der Waals surface area contributed by atoms with Gasteiger partial charge in [-0.3, -0.25) is 14.3 Å². The maximum Gasteiger partial charge on any atom is 0.228 e. The van der Waals surface area contributed by atoms with E-state index in [0.29, 0.717) is 6.54 Å². The third-order valence-corrected chi connectivity index (χ3v) is 7.09. The SMILES string of the molecule is CCc1cccc(NC(=O)[C@H]2CCCN(Cc3nc4ccccc4n3-c3ccc(Br)cc3)C2)c1. The molecule has 4 aromatic rings. The van der Waals surface area contributed by atoms with Gasteiger partial charge < -0.3 is 5.32 Å². The Morgan fingerprint density at radius 1 is 1.09 bits per heavy atom. The summed E-state index contributed by atoms with van der Waals surface area (Å²) in [6, 6.07) is 24.7. The molecule has 1 amide bonds. The number of hydrogen-bond acceptors (Lipinski definition) is 3. The zero-order valence-electron chi connectivity index (χ0n) is 19.4. The number of benzene rings is 3. The van der Waals surface area contributed by atoms with Crippen LogP contribution in [-0.4, -0.2) is 33.4 Å². The number of aryl methyl sites for hydroxylation is 1. The van der Waals surface area contributed by atoms with Crippen LogP contribution < -0.4 is 5.32 Å². The van der Waals surface area contributed by atoms with Gasteiger partial charge in [0.25, 0.3) is 0 Å². The summed E-state index contributed by atoms with van der Waals surface area (Å²) < 4.78 is 3.29. The number of fused-ring (bicyclic) bond motifs is 1. The molecule has 5 nitrogen and oxygen atoms in total. The maximum atomic E-state index is 13.1.